The monoisotopic (exact) mass is 436 g/mol. The number of likely N-dealkylation sites (tertiary alicyclic amines) is 1. The van der Waals surface area contributed by atoms with Crippen molar-refractivity contribution < 1.29 is 19.1 Å². The van der Waals surface area contributed by atoms with Gasteiger partial charge < -0.3 is 19.3 Å². The summed E-state index contributed by atoms with van der Waals surface area (Å²) in [6.07, 6.45) is 1.65. The van der Waals surface area contributed by atoms with E-state index in [9.17, 15) is 9.59 Å². The maximum absolute atomic E-state index is 13.1. The van der Waals surface area contributed by atoms with E-state index < -0.39 is 11.7 Å². The minimum absolute atomic E-state index is 0.0142. The Kier molecular flexibility index (Phi) is 6.85. The second-order valence-electron chi connectivity index (χ2n) is 9.58. The molecule has 0 spiro atoms. The van der Waals surface area contributed by atoms with Gasteiger partial charge in [-0.25, -0.2) is 4.79 Å². The van der Waals surface area contributed by atoms with Crippen molar-refractivity contribution in [1.82, 2.24) is 9.80 Å². The zero-order chi connectivity index (χ0) is 22.1. The molecule has 1 fully saturated rings. The summed E-state index contributed by atoms with van der Waals surface area (Å²) in [4.78, 5) is 29.4. The zero-order valence-corrected chi connectivity index (χ0v) is 19.4. The highest BCUT2D eigenvalue weighted by atomic mass is 35.5. The van der Waals surface area contributed by atoms with E-state index in [1.165, 1.54) is 0 Å². The Hall–Kier alpha value is -1.95. The molecule has 0 bridgehead atoms. The number of carbonyl (C=O) groups is 2. The van der Waals surface area contributed by atoms with Crippen LogP contribution in [0.1, 0.15) is 53.0 Å². The van der Waals surface area contributed by atoms with Gasteiger partial charge in [0.15, 0.2) is 6.10 Å². The highest BCUT2D eigenvalue weighted by Gasteiger charge is 2.36. The average Bonchev–Trinajstić information content (AvgIpc) is 3.07. The number of piperidine rings is 1. The summed E-state index contributed by atoms with van der Waals surface area (Å²) in [5.41, 5.74) is 0.446. The number of nitrogens with zero attached hydrogens (tertiary/aromatic N) is 2. The van der Waals surface area contributed by atoms with Crippen molar-refractivity contribution in [3.05, 3.63) is 28.8 Å². The number of halogens is 1. The van der Waals surface area contributed by atoms with Gasteiger partial charge in [0.25, 0.3) is 5.91 Å². The molecule has 1 aromatic rings. The van der Waals surface area contributed by atoms with Gasteiger partial charge in [-0.05, 0) is 77.1 Å². The van der Waals surface area contributed by atoms with E-state index in [1.54, 1.807) is 11.0 Å². The fraction of sp³-hybridized carbons (Fsp3) is 0.652. The number of carbonyl (C=O) groups excluding carboxylic acids is 2. The van der Waals surface area contributed by atoms with Gasteiger partial charge in [0.1, 0.15) is 11.4 Å². The molecule has 0 aliphatic carbocycles. The summed E-state index contributed by atoms with van der Waals surface area (Å²) < 4.78 is 11.5. The molecule has 2 aliphatic rings. The molecule has 0 radical (unpaired) electrons. The van der Waals surface area contributed by atoms with Crippen LogP contribution in [0.15, 0.2) is 18.2 Å². The first kappa shape index (κ1) is 22.7. The average molecular weight is 437 g/mol. The lowest BCUT2D eigenvalue weighted by atomic mass is 9.96. The predicted octanol–water partition coefficient (Wildman–Crippen LogP) is 4.53. The van der Waals surface area contributed by atoms with Crippen molar-refractivity contribution in [3.63, 3.8) is 0 Å². The van der Waals surface area contributed by atoms with Gasteiger partial charge in [-0.2, -0.15) is 0 Å². The van der Waals surface area contributed by atoms with E-state index in [0.29, 0.717) is 24.5 Å². The summed E-state index contributed by atoms with van der Waals surface area (Å²) in [5.74, 6) is 0.971. The van der Waals surface area contributed by atoms with Crippen molar-refractivity contribution in [2.75, 3.05) is 19.6 Å². The van der Waals surface area contributed by atoms with Crippen molar-refractivity contribution >= 4 is 23.6 Å². The maximum atomic E-state index is 13.1. The van der Waals surface area contributed by atoms with Crippen LogP contribution in [0.5, 0.6) is 5.75 Å². The topological polar surface area (TPSA) is 59.1 Å². The summed E-state index contributed by atoms with van der Waals surface area (Å²) in [7, 11) is 0. The molecule has 1 aromatic carbocycles. The molecule has 0 saturated carbocycles. The van der Waals surface area contributed by atoms with Gasteiger partial charge >= 0.3 is 6.09 Å². The molecule has 2 heterocycles. The summed E-state index contributed by atoms with van der Waals surface area (Å²) in [6, 6.07) is 5.50. The molecular formula is C23H33ClN2O4. The summed E-state index contributed by atoms with van der Waals surface area (Å²) in [6.45, 7) is 11.5. The molecule has 0 aromatic heterocycles. The Labute approximate surface area is 184 Å². The van der Waals surface area contributed by atoms with E-state index in [4.69, 9.17) is 21.1 Å². The summed E-state index contributed by atoms with van der Waals surface area (Å²) >= 11 is 6.06. The molecule has 2 atom stereocenters. The third kappa shape index (κ3) is 5.60. The van der Waals surface area contributed by atoms with Crippen LogP contribution in [-0.4, -0.2) is 59.2 Å². The van der Waals surface area contributed by atoms with Gasteiger partial charge in [-0.15, -0.1) is 0 Å². The number of ether oxygens (including phenoxy) is 2. The highest BCUT2D eigenvalue weighted by molar-refractivity contribution is 6.30. The first-order valence-electron chi connectivity index (χ1n) is 10.8. The van der Waals surface area contributed by atoms with Crippen LogP contribution < -0.4 is 4.74 Å². The summed E-state index contributed by atoms with van der Waals surface area (Å²) in [5, 5.41) is 0.652. The first-order valence-corrected chi connectivity index (χ1v) is 11.1. The van der Waals surface area contributed by atoms with E-state index >= 15 is 0 Å². The number of rotatable bonds is 4. The quantitative estimate of drug-likeness (QED) is 0.695. The molecule has 2 amide bonds. The van der Waals surface area contributed by atoms with Crippen molar-refractivity contribution in [1.29, 1.82) is 0 Å². The number of hydrogen-bond donors (Lipinski definition) is 0. The molecule has 3 rings (SSSR count). The van der Waals surface area contributed by atoms with Crippen LogP contribution in [0.3, 0.4) is 0 Å². The lowest BCUT2D eigenvalue weighted by Gasteiger charge is -2.38. The fourth-order valence-electron chi connectivity index (χ4n) is 4.07. The van der Waals surface area contributed by atoms with Crippen LogP contribution >= 0.6 is 11.6 Å². The van der Waals surface area contributed by atoms with Crippen LogP contribution in [0, 0.1) is 5.92 Å². The van der Waals surface area contributed by atoms with E-state index in [-0.39, 0.29) is 24.0 Å². The second kappa shape index (κ2) is 9.04. The van der Waals surface area contributed by atoms with Crippen LogP contribution in [0.2, 0.25) is 5.02 Å². The van der Waals surface area contributed by atoms with E-state index in [1.807, 2.05) is 51.7 Å². The highest BCUT2D eigenvalue weighted by Crippen LogP contribution is 2.32. The minimum atomic E-state index is -0.531. The molecule has 2 aliphatic heterocycles. The number of hydrogen-bond acceptors (Lipinski definition) is 4. The van der Waals surface area contributed by atoms with E-state index in [2.05, 4.69) is 0 Å². The van der Waals surface area contributed by atoms with Crippen molar-refractivity contribution in [2.45, 2.75) is 71.6 Å². The Morgan fingerprint density at radius 1 is 1.33 bits per heavy atom. The third-order valence-corrected chi connectivity index (χ3v) is 5.74. The normalized spacial score (nSPS) is 21.2. The Morgan fingerprint density at radius 3 is 2.73 bits per heavy atom. The lowest BCUT2D eigenvalue weighted by molar-refractivity contribution is -0.139. The zero-order valence-electron chi connectivity index (χ0n) is 18.6. The molecule has 6 nitrogen and oxygen atoms in total. The van der Waals surface area contributed by atoms with E-state index in [0.717, 1.165) is 30.7 Å². The molecule has 166 valence electrons. The van der Waals surface area contributed by atoms with Gasteiger partial charge in [0.05, 0.1) is 0 Å². The first-order chi connectivity index (χ1) is 14.0. The third-order valence-electron chi connectivity index (χ3n) is 5.51. The smallest absolute Gasteiger partial charge is 0.410 e. The largest absolute Gasteiger partial charge is 0.480 e. The van der Waals surface area contributed by atoms with Gasteiger partial charge in [-0.3, -0.25) is 4.79 Å². The Morgan fingerprint density at radius 2 is 2.07 bits per heavy atom. The molecule has 30 heavy (non-hydrogen) atoms. The lowest BCUT2D eigenvalue weighted by Crippen LogP contribution is -2.50. The fourth-order valence-corrected chi connectivity index (χ4v) is 4.26. The number of amides is 2. The van der Waals surface area contributed by atoms with Crippen molar-refractivity contribution in [3.8, 4) is 5.75 Å². The molecular weight excluding hydrogens is 404 g/mol. The van der Waals surface area contributed by atoms with Gasteiger partial charge in [0.2, 0.25) is 0 Å². The molecule has 2 unspecified atom stereocenters. The number of benzene rings is 1. The predicted molar refractivity (Wildman–Crippen MR) is 117 cm³/mol. The van der Waals surface area contributed by atoms with Gasteiger partial charge in [-0.1, -0.05) is 11.6 Å². The Bertz CT molecular complexity index is 790. The molecule has 7 heteroatoms. The van der Waals surface area contributed by atoms with Crippen LogP contribution in [0.25, 0.3) is 0 Å². The molecule has 1 saturated heterocycles. The van der Waals surface area contributed by atoms with Crippen LogP contribution in [-0.2, 0) is 16.0 Å². The Balaban J connectivity index is 1.60. The minimum Gasteiger partial charge on any atom is -0.480 e. The number of fused-ring (bicyclic) bond motifs is 1. The standard InChI is InChI=1S/C23H33ClN2O4/c1-15(2)26(22(28)30-23(3,4)5)14-16-7-6-10-25(13-16)21(27)20-12-17-11-18(24)8-9-19(17)29-20/h8-9,11,15-16,20H,6-7,10,12-14H2,1-5H3. The maximum Gasteiger partial charge on any atom is 0.410 e. The van der Waals surface area contributed by atoms with Crippen molar-refractivity contribution in [2.24, 2.45) is 5.92 Å². The van der Waals surface area contributed by atoms with Crippen LogP contribution in [0.4, 0.5) is 4.79 Å². The SMILES string of the molecule is CC(C)N(CC1CCCN(C(=O)C2Cc3cc(Cl)ccc3O2)C1)C(=O)OC(C)(C)C. The second-order valence-corrected chi connectivity index (χ2v) is 10.0. The van der Waals surface area contributed by atoms with Gasteiger partial charge in [0, 0.05) is 37.1 Å². The molecule has 0 N–H and O–H groups in total.